The van der Waals surface area contributed by atoms with Crippen molar-refractivity contribution in [1.29, 1.82) is 0 Å². The average molecular weight is 397 g/mol. The standard InChI is InChI=1S/C23H25F2N3O/c1-21(2)11-28(12-21)20(29)23-9-8-14(22(23,3)4)13-10-17(26-27-19(13)23)18-15(24)6-5-7-16(18)25/h5-7,10,14H,8-9,11-12H2,1-4H3/t14-,23?/m1/s1. The smallest absolute Gasteiger partial charge is 0.235 e. The molecule has 6 heteroatoms. The second-order valence-corrected chi connectivity index (χ2v) is 10.2. The highest BCUT2D eigenvalue weighted by atomic mass is 19.1. The second-order valence-electron chi connectivity index (χ2n) is 10.2. The first-order chi connectivity index (χ1) is 13.6. The molecule has 0 N–H and O–H groups in total. The van der Waals surface area contributed by atoms with E-state index in [1.54, 1.807) is 6.07 Å². The molecule has 5 rings (SSSR count). The second kappa shape index (κ2) is 5.61. The first kappa shape index (κ1) is 18.6. The minimum absolute atomic E-state index is 0.125. The van der Waals surface area contributed by atoms with Crippen LogP contribution in [0.5, 0.6) is 0 Å². The highest BCUT2D eigenvalue weighted by Gasteiger charge is 2.68. The predicted molar refractivity (Wildman–Crippen MR) is 105 cm³/mol. The van der Waals surface area contributed by atoms with Crippen LogP contribution in [0, 0.1) is 22.5 Å². The highest BCUT2D eigenvalue weighted by Crippen LogP contribution is 2.68. The van der Waals surface area contributed by atoms with E-state index in [2.05, 4.69) is 37.9 Å². The summed E-state index contributed by atoms with van der Waals surface area (Å²) in [5.41, 5.74) is 0.781. The Kier molecular flexibility index (Phi) is 3.61. The number of nitrogens with zero attached hydrogens (tertiary/aromatic N) is 3. The number of hydrogen-bond donors (Lipinski definition) is 0. The first-order valence-electron chi connectivity index (χ1n) is 10.2. The third kappa shape index (κ3) is 2.26. The van der Waals surface area contributed by atoms with Crippen LogP contribution in [0.2, 0.25) is 0 Å². The Morgan fingerprint density at radius 3 is 2.38 bits per heavy atom. The number of halogens is 2. The molecule has 2 fully saturated rings. The quantitative estimate of drug-likeness (QED) is 0.752. The van der Waals surface area contributed by atoms with Crippen molar-refractivity contribution in [2.75, 3.05) is 13.1 Å². The van der Waals surface area contributed by atoms with Gasteiger partial charge in [-0.25, -0.2) is 8.78 Å². The summed E-state index contributed by atoms with van der Waals surface area (Å²) >= 11 is 0. The van der Waals surface area contributed by atoms with Gasteiger partial charge in [0.2, 0.25) is 5.91 Å². The van der Waals surface area contributed by atoms with Gasteiger partial charge in [-0.05, 0) is 53.4 Å². The molecule has 4 nitrogen and oxygen atoms in total. The number of benzene rings is 1. The van der Waals surface area contributed by atoms with Crippen LogP contribution < -0.4 is 0 Å². The Morgan fingerprint density at radius 1 is 1.10 bits per heavy atom. The number of aromatic nitrogens is 2. The van der Waals surface area contributed by atoms with E-state index in [4.69, 9.17) is 0 Å². The summed E-state index contributed by atoms with van der Waals surface area (Å²) in [6, 6.07) is 5.53. The maximum atomic E-state index is 14.3. The zero-order chi connectivity index (χ0) is 20.8. The zero-order valence-corrected chi connectivity index (χ0v) is 17.2. The maximum absolute atomic E-state index is 14.3. The van der Waals surface area contributed by atoms with Crippen molar-refractivity contribution in [3.63, 3.8) is 0 Å². The van der Waals surface area contributed by atoms with Crippen LogP contribution in [0.1, 0.15) is 57.7 Å². The largest absolute Gasteiger partial charge is 0.341 e. The molecule has 0 radical (unpaired) electrons. The fourth-order valence-corrected chi connectivity index (χ4v) is 6.06. The van der Waals surface area contributed by atoms with Crippen molar-refractivity contribution in [2.24, 2.45) is 10.8 Å². The number of rotatable bonds is 2. The van der Waals surface area contributed by atoms with E-state index in [0.717, 1.165) is 31.5 Å². The lowest BCUT2D eigenvalue weighted by Crippen LogP contribution is -2.62. The molecule has 2 atom stereocenters. The lowest BCUT2D eigenvalue weighted by atomic mass is 9.66. The van der Waals surface area contributed by atoms with Crippen molar-refractivity contribution in [2.45, 2.75) is 51.9 Å². The Hall–Kier alpha value is -2.37. The summed E-state index contributed by atoms with van der Waals surface area (Å²) in [4.78, 5) is 15.6. The summed E-state index contributed by atoms with van der Waals surface area (Å²) in [7, 11) is 0. The lowest BCUT2D eigenvalue weighted by Gasteiger charge is -2.50. The third-order valence-corrected chi connectivity index (χ3v) is 7.49. The molecule has 3 aliphatic rings. The van der Waals surface area contributed by atoms with Gasteiger partial charge >= 0.3 is 0 Å². The number of carbonyl (C=O) groups excluding carboxylic acids is 1. The summed E-state index contributed by atoms with van der Waals surface area (Å²) in [5, 5.41) is 8.62. The Labute approximate surface area is 169 Å². The van der Waals surface area contributed by atoms with Gasteiger partial charge in [0.25, 0.3) is 0 Å². The highest BCUT2D eigenvalue weighted by molar-refractivity contribution is 5.92. The molecule has 1 unspecified atom stereocenters. The molecule has 152 valence electrons. The van der Waals surface area contributed by atoms with Gasteiger partial charge in [-0.3, -0.25) is 4.79 Å². The van der Waals surface area contributed by atoms with Crippen LogP contribution in [0.4, 0.5) is 8.78 Å². The van der Waals surface area contributed by atoms with E-state index in [0.29, 0.717) is 5.69 Å². The third-order valence-electron chi connectivity index (χ3n) is 7.49. The van der Waals surface area contributed by atoms with E-state index in [9.17, 15) is 13.6 Å². The fraction of sp³-hybridized carbons (Fsp3) is 0.522. The number of fused-ring (bicyclic) bond motifs is 5. The Morgan fingerprint density at radius 2 is 1.76 bits per heavy atom. The van der Waals surface area contributed by atoms with Crippen LogP contribution in [0.25, 0.3) is 11.3 Å². The van der Waals surface area contributed by atoms with Gasteiger partial charge in [0.1, 0.15) is 11.6 Å². The summed E-state index contributed by atoms with van der Waals surface area (Å²) in [6.45, 7) is 10.1. The van der Waals surface area contributed by atoms with Gasteiger partial charge in [-0.2, -0.15) is 5.10 Å². The van der Waals surface area contributed by atoms with Gasteiger partial charge in [0, 0.05) is 13.1 Å². The molecule has 1 aromatic heterocycles. The van der Waals surface area contributed by atoms with E-state index in [1.807, 2.05) is 4.90 Å². The molecule has 1 aromatic carbocycles. The topological polar surface area (TPSA) is 46.1 Å². The lowest BCUT2D eigenvalue weighted by molar-refractivity contribution is -0.151. The minimum Gasteiger partial charge on any atom is -0.341 e. The molecular formula is C23H25F2N3O. The molecule has 2 heterocycles. The van der Waals surface area contributed by atoms with Crippen LogP contribution in [0.15, 0.2) is 24.3 Å². The van der Waals surface area contributed by atoms with Gasteiger partial charge in [0.05, 0.1) is 22.4 Å². The minimum atomic E-state index is -0.706. The van der Waals surface area contributed by atoms with E-state index in [-0.39, 0.29) is 33.9 Å². The molecule has 0 spiro atoms. The number of hydrogen-bond acceptors (Lipinski definition) is 3. The fourth-order valence-electron chi connectivity index (χ4n) is 6.06. The van der Waals surface area contributed by atoms with Crippen molar-refractivity contribution >= 4 is 5.91 Å². The molecular weight excluding hydrogens is 372 g/mol. The summed E-state index contributed by atoms with van der Waals surface area (Å²) in [5.74, 6) is -1.06. The molecule has 2 aliphatic carbocycles. The van der Waals surface area contributed by atoms with Crippen LogP contribution >= 0.6 is 0 Å². The van der Waals surface area contributed by atoms with Gasteiger partial charge in [-0.15, -0.1) is 5.10 Å². The van der Waals surface area contributed by atoms with Crippen LogP contribution in [-0.2, 0) is 10.2 Å². The number of amides is 1. The van der Waals surface area contributed by atoms with Crippen molar-refractivity contribution < 1.29 is 13.6 Å². The molecule has 1 aliphatic heterocycles. The number of likely N-dealkylation sites (tertiary alicyclic amines) is 1. The van der Waals surface area contributed by atoms with E-state index < -0.39 is 17.0 Å². The van der Waals surface area contributed by atoms with E-state index in [1.165, 1.54) is 18.2 Å². The molecule has 2 bridgehead atoms. The molecule has 2 aromatic rings. The van der Waals surface area contributed by atoms with Crippen LogP contribution in [-0.4, -0.2) is 34.1 Å². The van der Waals surface area contributed by atoms with Gasteiger partial charge in [-0.1, -0.05) is 33.8 Å². The molecule has 29 heavy (non-hydrogen) atoms. The maximum Gasteiger partial charge on any atom is 0.235 e. The molecule has 1 saturated heterocycles. The van der Waals surface area contributed by atoms with Crippen LogP contribution in [0.3, 0.4) is 0 Å². The first-order valence-corrected chi connectivity index (χ1v) is 10.2. The zero-order valence-electron chi connectivity index (χ0n) is 17.2. The monoisotopic (exact) mass is 397 g/mol. The average Bonchev–Trinajstić information content (AvgIpc) is 3.00. The summed E-state index contributed by atoms with van der Waals surface area (Å²) in [6.07, 6.45) is 1.61. The predicted octanol–water partition coefficient (Wildman–Crippen LogP) is 4.45. The molecule has 1 saturated carbocycles. The van der Waals surface area contributed by atoms with Crippen molar-refractivity contribution in [1.82, 2.24) is 15.1 Å². The van der Waals surface area contributed by atoms with Gasteiger partial charge in [0.15, 0.2) is 0 Å². The molecule has 1 amide bonds. The SMILES string of the molecule is CC1(C)CN(C(=O)C23CC[C@H](c4cc(-c5c(F)cccc5F)nnc42)C3(C)C)C1. The Bertz CT molecular complexity index is 1020. The van der Waals surface area contributed by atoms with Crippen molar-refractivity contribution in [3.05, 3.63) is 47.2 Å². The Balaban J connectivity index is 1.62. The van der Waals surface area contributed by atoms with Crippen molar-refractivity contribution in [3.8, 4) is 11.3 Å². The summed E-state index contributed by atoms with van der Waals surface area (Å²) < 4.78 is 28.6. The number of carbonyl (C=O) groups is 1. The normalized spacial score (nSPS) is 28.2. The van der Waals surface area contributed by atoms with E-state index >= 15 is 0 Å². The van der Waals surface area contributed by atoms with Gasteiger partial charge < -0.3 is 4.90 Å².